The lowest BCUT2D eigenvalue weighted by molar-refractivity contribution is -0.0441. The molecule has 2 rings (SSSR count). The van der Waals surface area contributed by atoms with Crippen LogP contribution in [0.5, 0.6) is 5.75 Å². The molecule has 21 heavy (non-hydrogen) atoms. The third kappa shape index (κ3) is 3.48. The summed E-state index contributed by atoms with van der Waals surface area (Å²) in [6.07, 6.45) is -0.246. The van der Waals surface area contributed by atoms with Crippen molar-refractivity contribution >= 4 is 15.9 Å². The Balaban J connectivity index is 2.29. The average molecular weight is 314 g/mol. The van der Waals surface area contributed by atoms with Crippen LogP contribution in [-0.4, -0.2) is 49.7 Å². The predicted molar refractivity (Wildman–Crippen MR) is 81.6 cm³/mol. The normalized spacial score (nSPS) is 24.0. The highest BCUT2D eigenvalue weighted by atomic mass is 32.2. The van der Waals surface area contributed by atoms with Gasteiger partial charge in [-0.3, -0.25) is 4.31 Å². The first-order chi connectivity index (χ1) is 9.84. The second-order valence-electron chi connectivity index (χ2n) is 5.26. The summed E-state index contributed by atoms with van der Waals surface area (Å²) in [6, 6.07) is 6.17. The van der Waals surface area contributed by atoms with Crippen LogP contribution in [0, 0.1) is 0 Å². The first kappa shape index (κ1) is 16.1. The maximum Gasteiger partial charge on any atom is 0.304 e. The van der Waals surface area contributed by atoms with E-state index >= 15 is 0 Å². The molecule has 118 valence electrons. The highest BCUT2D eigenvalue weighted by Crippen LogP contribution is 2.24. The van der Waals surface area contributed by atoms with Gasteiger partial charge >= 0.3 is 10.2 Å². The summed E-state index contributed by atoms with van der Waals surface area (Å²) in [5.41, 5.74) is 0.544. The van der Waals surface area contributed by atoms with Gasteiger partial charge in [-0.25, -0.2) is 0 Å². The van der Waals surface area contributed by atoms with E-state index in [1.54, 1.807) is 19.1 Å². The second-order valence-corrected chi connectivity index (χ2v) is 7.12. The van der Waals surface area contributed by atoms with E-state index in [0.29, 0.717) is 25.3 Å². The zero-order valence-electron chi connectivity index (χ0n) is 12.6. The van der Waals surface area contributed by atoms with Gasteiger partial charge in [0, 0.05) is 19.6 Å². The number of hydrogen-bond acceptors (Lipinski definition) is 4. The van der Waals surface area contributed by atoms with Gasteiger partial charge in [-0.2, -0.15) is 12.7 Å². The fraction of sp³-hybridized carbons (Fsp3) is 0.571. The summed E-state index contributed by atoms with van der Waals surface area (Å²) in [5.74, 6) is 0.112. The quantitative estimate of drug-likeness (QED) is 0.916. The number of hydrogen-bond donors (Lipinski definition) is 1. The minimum atomic E-state index is -3.60. The van der Waals surface area contributed by atoms with Crippen molar-refractivity contribution in [3.8, 4) is 5.75 Å². The molecule has 1 fully saturated rings. The summed E-state index contributed by atoms with van der Waals surface area (Å²) in [7, 11) is -3.60. The van der Waals surface area contributed by atoms with Crippen molar-refractivity contribution in [3.63, 3.8) is 0 Å². The number of phenols is 1. The Labute approximate surface area is 126 Å². The number of nitrogens with zero attached hydrogens (tertiary/aromatic N) is 2. The van der Waals surface area contributed by atoms with Gasteiger partial charge in [-0.05, 0) is 45.0 Å². The fourth-order valence-electron chi connectivity index (χ4n) is 2.56. The van der Waals surface area contributed by atoms with Crippen LogP contribution in [0.25, 0.3) is 0 Å². The third-order valence-corrected chi connectivity index (χ3v) is 5.39. The number of benzene rings is 1. The van der Waals surface area contributed by atoms with Gasteiger partial charge in [0.15, 0.2) is 0 Å². The summed E-state index contributed by atoms with van der Waals surface area (Å²) >= 11 is 0. The van der Waals surface area contributed by atoms with Crippen molar-refractivity contribution in [2.45, 2.75) is 33.0 Å². The van der Waals surface area contributed by atoms with Crippen LogP contribution >= 0.6 is 0 Å². The van der Waals surface area contributed by atoms with Crippen LogP contribution in [0.15, 0.2) is 24.3 Å². The van der Waals surface area contributed by atoms with Crippen LogP contribution in [0.1, 0.15) is 20.8 Å². The number of ether oxygens (including phenoxy) is 1. The largest absolute Gasteiger partial charge is 0.508 e. The molecule has 0 unspecified atom stereocenters. The van der Waals surface area contributed by atoms with Gasteiger partial charge in [-0.15, -0.1) is 0 Å². The van der Waals surface area contributed by atoms with Crippen molar-refractivity contribution in [2.75, 3.05) is 23.9 Å². The third-order valence-electron chi connectivity index (χ3n) is 3.42. The highest BCUT2D eigenvalue weighted by molar-refractivity contribution is 7.90. The Morgan fingerprint density at radius 2 is 1.76 bits per heavy atom. The van der Waals surface area contributed by atoms with Crippen LogP contribution < -0.4 is 4.31 Å². The van der Waals surface area contributed by atoms with E-state index in [1.807, 2.05) is 13.8 Å². The molecule has 2 atom stereocenters. The molecule has 1 aromatic rings. The van der Waals surface area contributed by atoms with E-state index in [1.165, 1.54) is 20.7 Å². The van der Waals surface area contributed by atoms with Gasteiger partial charge in [0.25, 0.3) is 0 Å². The van der Waals surface area contributed by atoms with E-state index in [0.717, 1.165) is 0 Å². The molecule has 0 spiro atoms. The molecule has 1 heterocycles. The van der Waals surface area contributed by atoms with E-state index in [2.05, 4.69) is 0 Å². The van der Waals surface area contributed by atoms with E-state index in [4.69, 9.17) is 4.74 Å². The molecule has 0 amide bonds. The van der Waals surface area contributed by atoms with Crippen molar-refractivity contribution < 1.29 is 18.3 Å². The Hall–Kier alpha value is -1.31. The first-order valence-electron chi connectivity index (χ1n) is 7.07. The van der Waals surface area contributed by atoms with Crippen LogP contribution in [0.3, 0.4) is 0 Å². The molecule has 1 saturated heterocycles. The molecule has 0 aromatic heterocycles. The van der Waals surface area contributed by atoms with E-state index < -0.39 is 10.2 Å². The molecule has 0 saturated carbocycles. The summed E-state index contributed by atoms with van der Waals surface area (Å²) in [6.45, 7) is 6.55. The number of phenolic OH excluding ortho intramolecular Hbond substituents is 1. The van der Waals surface area contributed by atoms with Crippen LogP contribution in [0.4, 0.5) is 5.69 Å². The lowest BCUT2D eigenvalue weighted by Crippen LogP contribution is -2.53. The monoisotopic (exact) mass is 314 g/mol. The Kier molecular flexibility index (Phi) is 4.75. The molecule has 1 aromatic carbocycles. The number of anilines is 1. The second kappa shape index (κ2) is 6.21. The van der Waals surface area contributed by atoms with Gasteiger partial charge in [0.05, 0.1) is 17.9 Å². The smallest absolute Gasteiger partial charge is 0.304 e. The van der Waals surface area contributed by atoms with Crippen molar-refractivity contribution in [2.24, 2.45) is 0 Å². The van der Waals surface area contributed by atoms with Crippen LogP contribution in [0.2, 0.25) is 0 Å². The van der Waals surface area contributed by atoms with Crippen molar-refractivity contribution in [3.05, 3.63) is 24.3 Å². The Bertz CT molecular complexity index is 563. The molecule has 1 N–H and O–H groups in total. The lowest BCUT2D eigenvalue weighted by atomic mass is 10.3. The summed E-state index contributed by atoms with van der Waals surface area (Å²) in [4.78, 5) is 0. The molecule has 0 aliphatic carbocycles. The molecular formula is C14H22N2O4S. The molecule has 6 nitrogen and oxygen atoms in total. The molecule has 0 radical (unpaired) electrons. The molecule has 7 heteroatoms. The van der Waals surface area contributed by atoms with Gasteiger partial charge < -0.3 is 9.84 Å². The fourth-order valence-corrected chi connectivity index (χ4v) is 4.35. The number of morpholine rings is 1. The maximum atomic E-state index is 12.8. The lowest BCUT2D eigenvalue weighted by Gasteiger charge is -2.37. The summed E-state index contributed by atoms with van der Waals surface area (Å²) in [5, 5.41) is 9.34. The minimum absolute atomic E-state index is 0.112. The molecule has 1 aliphatic rings. The maximum absolute atomic E-state index is 12.8. The topological polar surface area (TPSA) is 70.1 Å². The van der Waals surface area contributed by atoms with Gasteiger partial charge in [0.2, 0.25) is 0 Å². The van der Waals surface area contributed by atoms with Crippen molar-refractivity contribution in [1.29, 1.82) is 0 Å². The van der Waals surface area contributed by atoms with Crippen LogP contribution in [-0.2, 0) is 14.9 Å². The van der Waals surface area contributed by atoms with E-state index in [9.17, 15) is 13.5 Å². The Morgan fingerprint density at radius 3 is 2.24 bits per heavy atom. The number of aromatic hydroxyl groups is 1. The average Bonchev–Trinajstić information content (AvgIpc) is 2.40. The van der Waals surface area contributed by atoms with E-state index in [-0.39, 0.29) is 18.0 Å². The molecule has 0 bridgehead atoms. The highest BCUT2D eigenvalue weighted by Gasteiger charge is 2.34. The predicted octanol–water partition coefficient (Wildman–Crippen LogP) is 1.57. The van der Waals surface area contributed by atoms with Crippen molar-refractivity contribution in [1.82, 2.24) is 4.31 Å². The summed E-state index contributed by atoms with van der Waals surface area (Å²) < 4.78 is 34.0. The van der Waals surface area contributed by atoms with Gasteiger partial charge in [-0.1, -0.05) is 0 Å². The standard InChI is InChI=1S/C14H22N2O4S/c1-4-16(13-5-7-14(17)8-6-13)21(18,19)15-9-11(2)20-12(3)10-15/h5-8,11-12,17H,4,9-10H2,1-3H3/t11-,12-/m1/s1. The zero-order chi connectivity index (χ0) is 15.6. The Morgan fingerprint density at radius 1 is 1.24 bits per heavy atom. The van der Waals surface area contributed by atoms with Gasteiger partial charge in [0.1, 0.15) is 5.75 Å². The zero-order valence-corrected chi connectivity index (χ0v) is 13.4. The minimum Gasteiger partial charge on any atom is -0.508 e. The first-order valence-corrected chi connectivity index (χ1v) is 8.46. The molecular weight excluding hydrogens is 292 g/mol. The molecule has 1 aliphatic heterocycles. The number of rotatable bonds is 4. The SMILES string of the molecule is CCN(c1ccc(O)cc1)S(=O)(=O)N1C[C@@H](C)O[C@H](C)C1.